The van der Waals surface area contributed by atoms with E-state index < -0.39 is 5.54 Å². The maximum Gasteiger partial charge on any atom is 0.244 e. The minimum atomic E-state index is -0.516. The standard InChI is InChI=1S/C19H23N3O3/c1-3-24-16-9-6-15(7-10-16)8-11-17(23)21-19(12-4-5-13-19)18-20-14(2)25-22-18/h6-11H,3-5,12-13H2,1-2H3,(H,21,23)/b11-8+. The van der Waals surface area contributed by atoms with Crippen molar-refractivity contribution >= 4 is 12.0 Å². The summed E-state index contributed by atoms with van der Waals surface area (Å²) in [5.74, 6) is 1.76. The highest BCUT2D eigenvalue weighted by Crippen LogP contribution is 2.37. The minimum absolute atomic E-state index is 0.154. The first kappa shape index (κ1) is 17.2. The van der Waals surface area contributed by atoms with Crippen molar-refractivity contribution in [2.75, 3.05) is 6.61 Å². The van der Waals surface area contributed by atoms with E-state index in [1.165, 1.54) is 0 Å². The van der Waals surface area contributed by atoms with Crippen LogP contribution in [0.25, 0.3) is 6.08 Å². The normalized spacial score (nSPS) is 16.2. The lowest BCUT2D eigenvalue weighted by atomic mass is 9.96. The number of rotatable bonds is 6. The number of hydrogen-bond acceptors (Lipinski definition) is 5. The van der Waals surface area contributed by atoms with E-state index in [-0.39, 0.29) is 5.91 Å². The third kappa shape index (κ3) is 4.07. The molecule has 1 heterocycles. The number of aromatic nitrogens is 2. The number of ether oxygens (including phenoxy) is 1. The van der Waals surface area contributed by atoms with Crippen LogP contribution < -0.4 is 10.1 Å². The van der Waals surface area contributed by atoms with Gasteiger partial charge in [0.25, 0.3) is 0 Å². The fourth-order valence-electron chi connectivity index (χ4n) is 3.17. The Labute approximate surface area is 147 Å². The minimum Gasteiger partial charge on any atom is -0.494 e. The molecule has 1 aromatic carbocycles. The van der Waals surface area contributed by atoms with Crippen LogP contribution >= 0.6 is 0 Å². The van der Waals surface area contributed by atoms with Crippen LogP contribution in [-0.2, 0) is 10.3 Å². The highest BCUT2D eigenvalue weighted by molar-refractivity contribution is 5.92. The molecule has 0 atom stereocenters. The quantitative estimate of drug-likeness (QED) is 0.815. The van der Waals surface area contributed by atoms with E-state index in [0.717, 1.165) is 37.0 Å². The van der Waals surface area contributed by atoms with Crippen LogP contribution in [0.1, 0.15) is 49.9 Å². The zero-order valence-electron chi connectivity index (χ0n) is 14.6. The number of carbonyl (C=O) groups excluding carboxylic acids is 1. The smallest absolute Gasteiger partial charge is 0.244 e. The predicted molar refractivity (Wildman–Crippen MR) is 94.0 cm³/mol. The molecular formula is C19H23N3O3. The largest absolute Gasteiger partial charge is 0.494 e. The summed E-state index contributed by atoms with van der Waals surface area (Å²) < 4.78 is 10.5. The summed E-state index contributed by atoms with van der Waals surface area (Å²) in [6.45, 7) is 4.34. The lowest BCUT2D eigenvalue weighted by molar-refractivity contribution is -0.118. The van der Waals surface area contributed by atoms with Crippen molar-refractivity contribution in [3.05, 3.63) is 47.6 Å². The first-order chi connectivity index (χ1) is 12.1. The first-order valence-corrected chi connectivity index (χ1v) is 8.65. The van der Waals surface area contributed by atoms with E-state index in [1.54, 1.807) is 19.1 Å². The average molecular weight is 341 g/mol. The third-order valence-corrected chi connectivity index (χ3v) is 4.39. The van der Waals surface area contributed by atoms with Crippen molar-refractivity contribution in [3.8, 4) is 5.75 Å². The summed E-state index contributed by atoms with van der Waals surface area (Å²) in [7, 11) is 0. The molecule has 6 heteroatoms. The summed E-state index contributed by atoms with van der Waals surface area (Å²) in [4.78, 5) is 16.8. The number of nitrogens with zero attached hydrogens (tertiary/aromatic N) is 2. The molecule has 132 valence electrons. The van der Waals surface area contributed by atoms with Crippen molar-refractivity contribution in [2.24, 2.45) is 0 Å². The van der Waals surface area contributed by atoms with Crippen LogP contribution in [-0.4, -0.2) is 22.7 Å². The molecule has 1 aliphatic rings. The molecule has 0 spiro atoms. The van der Waals surface area contributed by atoms with Crippen molar-refractivity contribution in [1.82, 2.24) is 15.5 Å². The molecule has 2 aromatic rings. The Morgan fingerprint density at radius 2 is 2.04 bits per heavy atom. The van der Waals surface area contributed by atoms with E-state index in [1.807, 2.05) is 31.2 Å². The zero-order valence-corrected chi connectivity index (χ0v) is 14.6. The molecule has 0 saturated heterocycles. The molecule has 1 fully saturated rings. The zero-order chi connectivity index (χ0) is 17.7. The fraction of sp³-hybridized carbons (Fsp3) is 0.421. The molecule has 6 nitrogen and oxygen atoms in total. The summed E-state index contributed by atoms with van der Waals surface area (Å²) in [6, 6.07) is 7.62. The number of aryl methyl sites for hydroxylation is 1. The van der Waals surface area contributed by atoms with Crippen molar-refractivity contribution in [1.29, 1.82) is 0 Å². The number of amides is 1. The highest BCUT2D eigenvalue weighted by Gasteiger charge is 2.40. The molecule has 0 radical (unpaired) electrons. The monoisotopic (exact) mass is 341 g/mol. The Hall–Kier alpha value is -2.63. The summed E-state index contributed by atoms with van der Waals surface area (Å²) in [5, 5.41) is 7.12. The van der Waals surface area contributed by atoms with Crippen LogP contribution in [0, 0.1) is 6.92 Å². The second kappa shape index (κ2) is 7.51. The Morgan fingerprint density at radius 1 is 1.32 bits per heavy atom. The van der Waals surface area contributed by atoms with E-state index in [9.17, 15) is 4.79 Å². The van der Waals surface area contributed by atoms with Gasteiger partial charge in [-0.15, -0.1) is 0 Å². The van der Waals surface area contributed by atoms with Gasteiger partial charge in [0.2, 0.25) is 11.8 Å². The lowest BCUT2D eigenvalue weighted by Gasteiger charge is -2.25. The van der Waals surface area contributed by atoms with E-state index >= 15 is 0 Å². The van der Waals surface area contributed by atoms with Crippen LogP contribution in [0.4, 0.5) is 0 Å². The molecule has 0 aliphatic heterocycles. The topological polar surface area (TPSA) is 77.2 Å². The first-order valence-electron chi connectivity index (χ1n) is 8.65. The molecule has 1 aromatic heterocycles. The molecular weight excluding hydrogens is 318 g/mol. The third-order valence-electron chi connectivity index (χ3n) is 4.39. The van der Waals surface area contributed by atoms with Gasteiger partial charge in [0.15, 0.2) is 5.82 Å². The Balaban J connectivity index is 1.68. The lowest BCUT2D eigenvalue weighted by Crippen LogP contribution is -2.44. The van der Waals surface area contributed by atoms with Crippen LogP contribution in [0.2, 0.25) is 0 Å². The number of nitrogens with one attached hydrogen (secondary N) is 1. The Morgan fingerprint density at radius 3 is 2.64 bits per heavy atom. The van der Waals surface area contributed by atoms with Crippen LogP contribution in [0.3, 0.4) is 0 Å². The molecule has 0 unspecified atom stereocenters. The maximum absolute atomic E-state index is 12.4. The number of benzene rings is 1. The van der Waals surface area contributed by atoms with Gasteiger partial charge in [0.1, 0.15) is 11.3 Å². The summed E-state index contributed by atoms with van der Waals surface area (Å²) >= 11 is 0. The molecule has 0 bridgehead atoms. The van der Waals surface area contributed by atoms with Gasteiger partial charge in [0.05, 0.1) is 6.61 Å². The van der Waals surface area contributed by atoms with Gasteiger partial charge in [-0.2, -0.15) is 4.98 Å². The maximum atomic E-state index is 12.4. The SMILES string of the molecule is CCOc1ccc(/C=C/C(=O)NC2(c3noc(C)n3)CCCC2)cc1. The van der Waals surface area contributed by atoms with E-state index in [2.05, 4.69) is 15.5 Å². The van der Waals surface area contributed by atoms with E-state index in [0.29, 0.717) is 18.3 Å². The van der Waals surface area contributed by atoms with Gasteiger partial charge >= 0.3 is 0 Å². The van der Waals surface area contributed by atoms with Gasteiger partial charge in [-0.3, -0.25) is 4.79 Å². The predicted octanol–water partition coefficient (Wildman–Crippen LogP) is 3.38. The number of carbonyl (C=O) groups is 1. The van der Waals surface area contributed by atoms with Gasteiger partial charge in [-0.05, 0) is 43.5 Å². The molecule has 1 saturated carbocycles. The summed E-state index contributed by atoms with van der Waals surface area (Å²) in [6.07, 6.45) is 7.06. The van der Waals surface area contributed by atoms with Gasteiger partial charge in [0, 0.05) is 13.0 Å². The Kier molecular flexibility index (Phi) is 5.16. The van der Waals surface area contributed by atoms with Gasteiger partial charge in [-0.25, -0.2) is 0 Å². The Bertz CT molecular complexity index is 744. The van der Waals surface area contributed by atoms with Crippen LogP contribution in [0.5, 0.6) is 5.75 Å². The number of hydrogen-bond donors (Lipinski definition) is 1. The average Bonchev–Trinajstić information content (AvgIpc) is 3.24. The molecule has 1 N–H and O–H groups in total. The highest BCUT2D eigenvalue weighted by atomic mass is 16.5. The van der Waals surface area contributed by atoms with Crippen molar-refractivity contribution < 1.29 is 14.1 Å². The molecule has 1 aliphatic carbocycles. The van der Waals surface area contributed by atoms with Gasteiger partial charge in [-0.1, -0.05) is 30.1 Å². The van der Waals surface area contributed by atoms with Gasteiger partial charge < -0.3 is 14.6 Å². The second-order valence-electron chi connectivity index (χ2n) is 6.25. The molecule has 1 amide bonds. The van der Waals surface area contributed by atoms with Crippen molar-refractivity contribution in [2.45, 2.75) is 45.1 Å². The molecule has 25 heavy (non-hydrogen) atoms. The molecule has 3 rings (SSSR count). The van der Waals surface area contributed by atoms with E-state index in [4.69, 9.17) is 9.26 Å². The van der Waals surface area contributed by atoms with Crippen LogP contribution in [0.15, 0.2) is 34.9 Å². The second-order valence-corrected chi connectivity index (χ2v) is 6.25. The van der Waals surface area contributed by atoms with Crippen molar-refractivity contribution in [3.63, 3.8) is 0 Å². The fourth-order valence-corrected chi connectivity index (χ4v) is 3.17. The summed E-state index contributed by atoms with van der Waals surface area (Å²) in [5.41, 5.74) is 0.423.